The molecule has 0 atom stereocenters. The van der Waals surface area contributed by atoms with Crippen molar-refractivity contribution in [3.63, 3.8) is 0 Å². The van der Waals surface area contributed by atoms with E-state index in [0.717, 1.165) is 29.7 Å². The minimum atomic E-state index is -0.0795. The molecule has 6 heteroatoms. The summed E-state index contributed by atoms with van der Waals surface area (Å²) in [5.41, 5.74) is 5.39. The van der Waals surface area contributed by atoms with Crippen molar-refractivity contribution in [2.24, 2.45) is 0 Å². The number of H-pyrrole nitrogens is 1. The molecular formula is C25H24N4OS. The topological polar surface area (TPSA) is 70.7 Å². The number of carbonyl (C=O) groups excluding carboxylic acids is 1. The van der Waals surface area contributed by atoms with E-state index >= 15 is 0 Å². The maximum Gasteiger partial charge on any atom is 0.234 e. The van der Waals surface area contributed by atoms with E-state index in [0.29, 0.717) is 11.0 Å². The summed E-state index contributed by atoms with van der Waals surface area (Å²) in [6.07, 6.45) is 1.77. The van der Waals surface area contributed by atoms with Crippen molar-refractivity contribution in [3.05, 3.63) is 95.6 Å². The molecule has 1 aromatic heterocycles. The second kappa shape index (κ2) is 10.1. The number of nitrogens with one attached hydrogen (secondary N) is 2. The molecule has 31 heavy (non-hydrogen) atoms. The monoisotopic (exact) mass is 428 g/mol. The molecule has 0 spiro atoms. The summed E-state index contributed by atoms with van der Waals surface area (Å²) in [4.78, 5) is 17.0. The highest BCUT2D eigenvalue weighted by Gasteiger charge is 2.11. The summed E-state index contributed by atoms with van der Waals surface area (Å²) in [7, 11) is 0. The van der Waals surface area contributed by atoms with Crippen molar-refractivity contribution in [1.82, 2.24) is 15.2 Å². The fourth-order valence-corrected chi connectivity index (χ4v) is 3.87. The average molecular weight is 429 g/mol. The van der Waals surface area contributed by atoms with Gasteiger partial charge in [-0.1, -0.05) is 91.5 Å². The number of para-hydroxylation sites is 1. The molecule has 2 N–H and O–H groups in total. The van der Waals surface area contributed by atoms with Crippen molar-refractivity contribution in [3.8, 4) is 11.4 Å². The predicted octanol–water partition coefficient (Wildman–Crippen LogP) is 5.36. The van der Waals surface area contributed by atoms with Crippen molar-refractivity contribution >= 4 is 23.4 Å². The number of thioether (sulfide) groups is 1. The molecule has 5 nitrogen and oxygen atoms in total. The number of rotatable bonds is 8. The van der Waals surface area contributed by atoms with Crippen LogP contribution >= 0.6 is 11.8 Å². The van der Waals surface area contributed by atoms with Gasteiger partial charge in [0.1, 0.15) is 0 Å². The number of aryl methyl sites for hydroxylation is 1. The Kier molecular flexibility index (Phi) is 6.79. The molecule has 0 aliphatic heterocycles. The highest BCUT2D eigenvalue weighted by Crippen LogP contribution is 2.22. The standard InChI is InChI=1S/C25H24N4OS/c1-2-18-12-14-20(15-13-18)24-27-25(29-28-24)31-17-23(30)26-22-11-7-6-10-21(22)16-19-8-4-3-5-9-19/h3-15H,2,16-17H2,1H3,(H,26,30)(H,27,28,29). The quantitative estimate of drug-likeness (QED) is 0.371. The first kappa shape index (κ1) is 20.9. The highest BCUT2D eigenvalue weighted by molar-refractivity contribution is 7.99. The van der Waals surface area contributed by atoms with E-state index in [1.54, 1.807) is 0 Å². The van der Waals surface area contributed by atoms with Crippen LogP contribution in [0.15, 0.2) is 84.0 Å². The van der Waals surface area contributed by atoms with Gasteiger partial charge in [0.25, 0.3) is 0 Å². The van der Waals surface area contributed by atoms with Gasteiger partial charge in [0.15, 0.2) is 5.82 Å². The molecule has 0 saturated carbocycles. The zero-order valence-corrected chi connectivity index (χ0v) is 18.2. The molecule has 4 rings (SSSR count). The zero-order chi connectivity index (χ0) is 21.5. The predicted molar refractivity (Wildman–Crippen MR) is 126 cm³/mol. The van der Waals surface area contributed by atoms with Gasteiger partial charge >= 0.3 is 0 Å². The van der Waals surface area contributed by atoms with Crippen molar-refractivity contribution in [2.45, 2.75) is 24.9 Å². The fourth-order valence-electron chi connectivity index (χ4n) is 3.27. The van der Waals surface area contributed by atoms with E-state index in [1.165, 1.54) is 22.9 Å². The van der Waals surface area contributed by atoms with Crippen molar-refractivity contribution < 1.29 is 4.79 Å². The smallest absolute Gasteiger partial charge is 0.234 e. The van der Waals surface area contributed by atoms with Crippen LogP contribution in [0, 0.1) is 0 Å². The summed E-state index contributed by atoms with van der Waals surface area (Å²) in [6.45, 7) is 2.13. The third-order valence-electron chi connectivity index (χ3n) is 4.96. The first-order valence-electron chi connectivity index (χ1n) is 10.3. The molecule has 4 aromatic rings. The lowest BCUT2D eigenvalue weighted by molar-refractivity contribution is -0.113. The molecule has 1 heterocycles. The molecule has 156 valence electrons. The SMILES string of the molecule is CCc1ccc(-c2nc(SCC(=O)Nc3ccccc3Cc3ccccc3)n[nH]2)cc1. The van der Waals surface area contributed by atoms with E-state index in [9.17, 15) is 4.79 Å². The Bertz CT molecular complexity index is 1140. The van der Waals surface area contributed by atoms with Gasteiger partial charge in [-0.15, -0.1) is 5.10 Å². The fraction of sp³-hybridized carbons (Fsp3) is 0.160. The molecule has 0 fully saturated rings. The Morgan fingerprint density at radius 3 is 2.45 bits per heavy atom. The lowest BCUT2D eigenvalue weighted by Crippen LogP contribution is -2.15. The van der Waals surface area contributed by atoms with Gasteiger partial charge in [0, 0.05) is 11.3 Å². The maximum absolute atomic E-state index is 12.5. The summed E-state index contributed by atoms with van der Waals surface area (Å²) >= 11 is 1.32. The number of aromatic nitrogens is 3. The first-order valence-corrected chi connectivity index (χ1v) is 11.3. The number of amides is 1. The van der Waals surface area contributed by atoms with Gasteiger partial charge in [-0.05, 0) is 35.6 Å². The molecule has 0 unspecified atom stereocenters. The second-order valence-electron chi connectivity index (χ2n) is 7.17. The molecule has 0 radical (unpaired) electrons. The van der Waals surface area contributed by atoms with E-state index in [2.05, 4.69) is 51.7 Å². The van der Waals surface area contributed by atoms with Crippen LogP contribution < -0.4 is 5.32 Å². The van der Waals surface area contributed by atoms with Gasteiger partial charge in [-0.2, -0.15) is 0 Å². The number of aromatic amines is 1. The van der Waals surface area contributed by atoms with Gasteiger partial charge in [0.05, 0.1) is 5.75 Å². The normalized spacial score (nSPS) is 10.7. The van der Waals surface area contributed by atoms with Gasteiger partial charge in [-0.25, -0.2) is 4.98 Å². The van der Waals surface area contributed by atoms with Crippen LogP contribution in [0.2, 0.25) is 0 Å². The molecule has 0 saturated heterocycles. The van der Waals surface area contributed by atoms with E-state index in [4.69, 9.17) is 0 Å². The van der Waals surface area contributed by atoms with E-state index in [-0.39, 0.29) is 11.7 Å². The molecular weight excluding hydrogens is 404 g/mol. The number of hydrogen-bond donors (Lipinski definition) is 2. The molecule has 0 bridgehead atoms. The Balaban J connectivity index is 1.35. The average Bonchev–Trinajstić information content (AvgIpc) is 3.29. The largest absolute Gasteiger partial charge is 0.325 e. The first-order chi connectivity index (χ1) is 15.2. The van der Waals surface area contributed by atoms with E-state index in [1.807, 2.05) is 54.6 Å². The van der Waals surface area contributed by atoms with Gasteiger partial charge < -0.3 is 5.32 Å². The lowest BCUT2D eigenvalue weighted by Gasteiger charge is -2.11. The Morgan fingerprint density at radius 1 is 0.935 bits per heavy atom. The van der Waals surface area contributed by atoms with Crippen LogP contribution in [-0.4, -0.2) is 26.8 Å². The second-order valence-corrected chi connectivity index (χ2v) is 8.12. The van der Waals surface area contributed by atoms with Crippen LogP contribution in [0.25, 0.3) is 11.4 Å². The number of hydrogen-bond acceptors (Lipinski definition) is 4. The van der Waals surface area contributed by atoms with Crippen LogP contribution in [0.3, 0.4) is 0 Å². The number of carbonyl (C=O) groups is 1. The Hall–Kier alpha value is -3.38. The van der Waals surface area contributed by atoms with Crippen LogP contribution in [0.4, 0.5) is 5.69 Å². The lowest BCUT2D eigenvalue weighted by atomic mass is 10.0. The summed E-state index contributed by atoms with van der Waals surface area (Å²) in [5, 5.41) is 10.8. The minimum Gasteiger partial charge on any atom is -0.325 e. The van der Waals surface area contributed by atoms with Crippen LogP contribution in [0.1, 0.15) is 23.6 Å². The van der Waals surface area contributed by atoms with Crippen LogP contribution in [-0.2, 0) is 17.6 Å². The Morgan fingerprint density at radius 2 is 1.68 bits per heavy atom. The third-order valence-corrected chi connectivity index (χ3v) is 5.81. The number of anilines is 1. The molecule has 0 aliphatic rings. The number of benzene rings is 3. The van der Waals surface area contributed by atoms with Gasteiger partial charge in [0.2, 0.25) is 11.1 Å². The summed E-state index contributed by atoms with van der Waals surface area (Å²) < 4.78 is 0. The highest BCUT2D eigenvalue weighted by atomic mass is 32.2. The minimum absolute atomic E-state index is 0.0795. The maximum atomic E-state index is 12.5. The van der Waals surface area contributed by atoms with Crippen LogP contribution in [0.5, 0.6) is 0 Å². The molecule has 1 amide bonds. The number of nitrogens with zero attached hydrogens (tertiary/aromatic N) is 2. The van der Waals surface area contributed by atoms with E-state index < -0.39 is 0 Å². The molecule has 3 aromatic carbocycles. The van der Waals surface area contributed by atoms with Crippen molar-refractivity contribution in [2.75, 3.05) is 11.1 Å². The Labute approximate surface area is 186 Å². The molecule has 0 aliphatic carbocycles. The third kappa shape index (κ3) is 5.61. The zero-order valence-electron chi connectivity index (χ0n) is 17.3. The summed E-state index contributed by atoms with van der Waals surface area (Å²) in [5.74, 6) is 0.870. The van der Waals surface area contributed by atoms with Crippen molar-refractivity contribution in [1.29, 1.82) is 0 Å². The summed E-state index contributed by atoms with van der Waals surface area (Å²) in [6, 6.07) is 26.4. The van der Waals surface area contributed by atoms with Gasteiger partial charge in [-0.3, -0.25) is 9.89 Å².